The molecule has 4 heterocycles. The fraction of sp³-hybridized carbons (Fsp3) is 0.0323. The van der Waals surface area contributed by atoms with Gasteiger partial charge in [0.15, 0.2) is 0 Å². The van der Waals surface area contributed by atoms with Gasteiger partial charge in [-0.05, 0) is 25.0 Å². The molecule has 0 fully saturated rings. The Hall–Kier alpha value is -8.31. The van der Waals surface area contributed by atoms with Gasteiger partial charge in [0.2, 0.25) is 0 Å². The summed E-state index contributed by atoms with van der Waals surface area (Å²) in [5.74, 6) is 1.56. The van der Waals surface area contributed by atoms with Crippen molar-refractivity contribution in [2.24, 2.45) is 0 Å². The Morgan fingerprint density at radius 2 is 1.03 bits per heavy atom. The zero-order valence-electron chi connectivity index (χ0n) is 46.9. The molecule has 332 valence electrons. The van der Waals surface area contributed by atoms with Crippen molar-refractivity contribution in [2.45, 2.75) is 13.8 Å². The van der Waals surface area contributed by atoms with Crippen LogP contribution in [0.3, 0.4) is 0 Å². The van der Waals surface area contributed by atoms with E-state index < -0.39 is 60.4 Å². The van der Waals surface area contributed by atoms with E-state index in [9.17, 15) is 5.48 Å². The van der Waals surface area contributed by atoms with Gasteiger partial charge in [-0.3, -0.25) is 0 Å². The van der Waals surface area contributed by atoms with E-state index in [1.54, 1.807) is 18.2 Å². The van der Waals surface area contributed by atoms with Gasteiger partial charge in [-0.25, -0.2) is 0 Å². The monoisotopic (exact) mass is 1080 g/mol. The normalized spacial score (nSPS) is 13.7. The van der Waals surface area contributed by atoms with Crippen LogP contribution in [0, 0.1) is 29.8 Å². The molecule has 0 N–H and O–H groups in total. The number of para-hydroxylation sites is 5. The maximum absolute atomic E-state index is 9.53. The number of pyridine rings is 1. The second-order valence-electron chi connectivity index (χ2n) is 16.7. The standard InChI is InChI=1S/C62H41N5O.Pt/c1-41-34-61(63-39-42(41)2)67-57-29-14-11-26-51(57)52-33-32-48(38-60(52)67)68-47-23-17-22-45(35-47)64-40-65(59-31-16-15-30-58(59)64)62-53(43-18-5-3-6-19-43)36-46(37-54(62)44-20-7-4-8-21-44)66-55-27-12-9-24-49(55)50-25-10-13-28-56(50)66;/h3-34,36-37,39H,1-2H3;/q-2;/i3D,4D,5D,6D,7D,8D,18D,19D,20D,21D;. The first-order chi connectivity index (χ1) is 38.1. The van der Waals surface area contributed by atoms with E-state index in [-0.39, 0.29) is 27.9 Å². The maximum atomic E-state index is 9.53. The van der Waals surface area contributed by atoms with Gasteiger partial charge in [0.1, 0.15) is 0 Å². The van der Waals surface area contributed by atoms with Gasteiger partial charge in [-0.1, -0.05) is 12.1 Å². The van der Waals surface area contributed by atoms with Crippen molar-refractivity contribution >= 4 is 54.6 Å². The van der Waals surface area contributed by atoms with Crippen molar-refractivity contribution in [3.8, 4) is 56.6 Å². The molecule has 69 heavy (non-hydrogen) atoms. The number of rotatable bonds is 8. The van der Waals surface area contributed by atoms with Crippen molar-refractivity contribution in [3.05, 3.63) is 239 Å². The average Bonchev–Trinajstić information content (AvgIpc) is 4.22. The number of nitrogens with zero attached hydrogens (tertiary/aromatic N) is 5. The Bertz CT molecular complexity index is 4640. The fourth-order valence-electron chi connectivity index (χ4n) is 9.54. The summed E-state index contributed by atoms with van der Waals surface area (Å²) >= 11 is 2.18. The number of imidazole rings is 1. The molecule has 0 spiro atoms. The molecule has 13 aromatic rings. The van der Waals surface area contributed by atoms with E-state index >= 15 is 0 Å². The van der Waals surface area contributed by atoms with Crippen molar-refractivity contribution in [2.75, 3.05) is 0 Å². The topological polar surface area (TPSA) is 41.8 Å². The van der Waals surface area contributed by atoms with Gasteiger partial charge >= 0.3 is 382 Å². The van der Waals surface area contributed by atoms with Crippen LogP contribution in [0.25, 0.3) is 99.8 Å². The fourth-order valence-corrected chi connectivity index (χ4v) is 10.6. The van der Waals surface area contributed by atoms with Crippen LogP contribution in [0.4, 0.5) is 0 Å². The summed E-state index contributed by atoms with van der Waals surface area (Å²) in [6.07, 6.45) is 1.87. The van der Waals surface area contributed by atoms with Crippen LogP contribution in [0.15, 0.2) is 212 Å². The summed E-state index contributed by atoms with van der Waals surface area (Å²) in [6, 6.07) is 47.9. The first-order valence-electron chi connectivity index (χ1n) is 27.2. The average molecular weight is 1080 g/mol. The van der Waals surface area contributed by atoms with Gasteiger partial charge in [0, 0.05) is 6.20 Å². The number of fused-ring (bicyclic) bond motifs is 7. The van der Waals surface area contributed by atoms with Crippen LogP contribution in [0.1, 0.15) is 24.8 Å². The Morgan fingerprint density at radius 3 is 1.64 bits per heavy atom. The minimum atomic E-state index is -0.584. The number of ether oxygens (including phenoxy) is 1. The predicted molar refractivity (Wildman–Crippen MR) is 277 cm³/mol. The van der Waals surface area contributed by atoms with Gasteiger partial charge in [-0.15, -0.1) is 0 Å². The van der Waals surface area contributed by atoms with Gasteiger partial charge in [0.25, 0.3) is 0 Å². The molecule has 0 radical (unpaired) electrons. The van der Waals surface area contributed by atoms with Crippen LogP contribution in [-0.4, -0.2) is 23.3 Å². The SMILES string of the molecule is [2H]c1c([2H])c([2H])c(-c2cc(-n3c4ccccc4c4ccccc43)cc(-c3c([2H])c([2H])c([2H])c([2H])c3[2H])c2-n2[c](=[Pt])n(-c3[c-]c(Oc4[c-]c5c(cc4)c4ccccc4n5-c4cc(C)c(C)cn4)ccc3)c3ccccc32)c([2H])c1[2H]. The molecule has 0 saturated heterocycles. The number of benzene rings is 9. The third-order valence-corrected chi connectivity index (χ3v) is 13.8. The third kappa shape index (κ3) is 6.74. The minimum absolute atomic E-state index is 0.143. The molecule has 0 unspecified atom stereocenters. The van der Waals surface area contributed by atoms with Crippen LogP contribution in [-0.2, 0) is 19.4 Å². The van der Waals surface area contributed by atoms with Crippen molar-refractivity contribution in [1.29, 1.82) is 0 Å². The second kappa shape index (κ2) is 16.5. The summed E-state index contributed by atoms with van der Waals surface area (Å²) in [7, 11) is 0. The molecule has 0 saturated carbocycles. The molecule has 4 aromatic heterocycles. The molecule has 0 aliphatic rings. The van der Waals surface area contributed by atoms with E-state index in [1.807, 2.05) is 136 Å². The molecular weight excluding hydrogens is 1030 g/mol. The molecule has 0 atom stereocenters. The number of aromatic nitrogens is 5. The molecule has 0 bridgehead atoms. The van der Waals surface area contributed by atoms with Crippen LogP contribution in [0.5, 0.6) is 11.5 Å². The number of aryl methyl sites for hydroxylation is 2. The first-order valence-corrected chi connectivity index (χ1v) is 23.4. The summed E-state index contributed by atoms with van der Waals surface area (Å²) in [5.41, 5.74) is 7.92. The van der Waals surface area contributed by atoms with Crippen LogP contribution in [0.2, 0.25) is 0 Å². The summed E-state index contributed by atoms with van der Waals surface area (Å²) in [5, 5.41) is 3.86. The molecule has 0 aliphatic carbocycles. The van der Waals surface area contributed by atoms with E-state index in [4.69, 9.17) is 17.9 Å². The first kappa shape index (κ1) is 31.6. The van der Waals surface area contributed by atoms with Crippen molar-refractivity contribution < 1.29 is 37.8 Å². The van der Waals surface area contributed by atoms with Crippen LogP contribution >= 0.6 is 0 Å². The van der Waals surface area contributed by atoms with Crippen molar-refractivity contribution in [1.82, 2.24) is 23.3 Å². The predicted octanol–water partition coefficient (Wildman–Crippen LogP) is 15.4. The van der Waals surface area contributed by atoms with E-state index in [0.29, 0.717) is 37.7 Å². The Labute approximate surface area is 423 Å². The van der Waals surface area contributed by atoms with Crippen molar-refractivity contribution in [3.63, 3.8) is 0 Å². The molecule has 9 aromatic carbocycles. The number of hydrogen-bond acceptors (Lipinski definition) is 2. The Morgan fingerprint density at radius 1 is 0.493 bits per heavy atom. The van der Waals surface area contributed by atoms with E-state index in [1.165, 1.54) is 0 Å². The molecule has 7 heteroatoms. The third-order valence-electron chi connectivity index (χ3n) is 12.8. The Balaban J connectivity index is 1.08. The van der Waals surface area contributed by atoms with Gasteiger partial charge in [0.05, 0.1) is 0 Å². The van der Waals surface area contributed by atoms with Crippen LogP contribution < -0.4 is 4.74 Å². The summed E-state index contributed by atoms with van der Waals surface area (Å²) in [6.45, 7) is 4.10. The molecule has 13 rings (SSSR count). The summed E-state index contributed by atoms with van der Waals surface area (Å²) in [4.78, 5) is 4.82. The zero-order chi connectivity index (χ0) is 54.9. The molecular formula is C62H41N5OPt-2. The van der Waals surface area contributed by atoms with Gasteiger partial charge in [-0.2, -0.15) is 0 Å². The zero-order valence-corrected chi connectivity index (χ0v) is 39.2. The van der Waals surface area contributed by atoms with Gasteiger partial charge < -0.3 is 0 Å². The molecule has 0 amide bonds. The van der Waals surface area contributed by atoms with E-state index in [2.05, 4.69) is 61.2 Å². The summed E-state index contributed by atoms with van der Waals surface area (Å²) < 4.78 is 106. The number of hydrogen-bond donors (Lipinski definition) is 0. The quantitative estimate of drug-likeness (QED) is 0.142. The Kier molecular flexibility index (Phi) is 7.55. The van der Waals surface area contributed by atoms with E-state index in [0.717, 1.165) is 60.6 Å². The molecule has 6 nitrogen and oxygen atoms in total. The second-order valence-corrected chi connectivity index (χ2v) is 17.7. The molecule has 0 aliphatic heterocycles.